The maximum absolute atomic E-state index is 12.4. The molecule has 0 bridgehead atoms. The van der Waals surface area contributed by atoms with Crippen LogP contribution in [-0.4, -0.2) is 47.1 Å². The summed E-state index contributed by atoms with van der Waals surface area (Å²) in [6, 6.07) is 0. The fourth-order valence-corrected chi connectivity index (χ4v) is 3.74. The molecule has 23 heavy (non-hydrogen) atoms. The number of anilines is 1. The van der Waals surface area contributed by atoms with Gasteiger partial charge in [0.15, 0.2) is 5.13 Å². The van der Waals surface area contributed by atoms with Crippen molar-refractivity contribution in [3.63, 3.8) is 0 Å². The summed E-state index contributed by atoms with van der Waals surface area (Å²) in [4.78, 5) is 21.1. The standard InChI is InChI=1S/C16H22N4O2S/c1-11-10-23-16(17-11)20-8-6-19(7-9-20)15(21)5-4-14-12(2)18-22-13(14)3/h10H,4-9H2,1-3H3. The first-order chi connectivity index (χ1) is 11.0. The van der Waals surface area contributed by atoms with Crippen LogP contribution in [0.1, 0.15) is 29.1 Å². The Morgan fingerprint density at radius 2 is 2.00 bits per heavy atom. The lowest BCUT2D eigenvalue weighted by Gasteiger charge is -2.34. The lowest BCUT2D eigenvalue weighted by atomic mass is 10.1. The van der Waals surface area contributed by atoms with E-state index in [1.807, 2.05) is 25.7 Å². The first kappa shape index (κ1) is 16.0. The molecule has 0 aliphatic carbocycles. The predicted octanol–water partition coefficient (Wildman–Crippen LogP) is 2.34. The van der Waals surface area contributed by atoms with Crippen LogP contribution in [0.3, 0.4) is 0 Å². The predicted molar refractivity (Wildman–Crippen MR) is 89.9 cm³/mol. The second-order valence-corrected chi connectivity index (χ2v) is 6.78. The molecule has 0 unspecified atom stereocenters. The molecule has 2 aromatic rings. The van der Waals surface area contributed by atoms with E-state index in [1.54, 1.807) is 11.3 Å². The van der Waals surface area contributed by atoms with Crippen molar-refractivity contribution in [1.29, 1.82) is 0 Å². The molecule has 0 saturated carbocycles. The van der Waals surface area contributed by atoms with Gasteiger partial charge in [0.05, 0.1) is 11.4 Å². The van der Waals surface area contributed by atoms with Crippen molar-refractivity contribution >= 4 is 22.4 Å². The summed E-state index contributed by atoms with van der Waals surface area (Å²) in [7, 11) is 0. The lowest BCUT2D eigenvalue weighted by molar-refractivity contribution is -0.131. The van der Waals surface area contributed by atoms with Crippen LogP contribution in [0.25, 0.3) is 0 Å². The SMILES string of the molecule is Cc1csc(N2CCN(C(=O)CCc3c(C)noc3C)CC2)n1. The van der Waals surface area contributed by atoms with E-state index in [0.29, 0.717) is 12.8 Å². The number of carbonyl (C=O) groups is 1. The number of piperazine rings is 1. The van der Waals surface area contributed by atoms with Gasteiger partial charge in [-0.3, -0.25) is 4.79 Å². The summed E-state index contributed by atoms with van der Waals surface area (Å²) in [5.41, 5.74) is 3.01. The second kappa shape index (κ2) is 6.70. The number of nitrogens with zero attached hydrogens (tertiary/aromatic N) is 4. The average Bonchev–Trinajstić information content (AvgIpc) is 3.12. The Balaban J connectivity index is 1.50. The van der Waals surface area contributed by atoms with Gasteiger partial charge in [0.1, 0.15) is 5.76 Å². The molecule has 0 radical (unpaired) electrons. The number of rotatable bonds is 4. The van der Waals surface area contributed by atoms with Crippen molar-refractivity contribution in [3.05, 3.63) is 28.1 Å². The Bertz CT molecular complexity index is 667. The molecule has 0 N–H and O–H groups in total. The van der Waals surface area contributed by atoms with E-state index < -0.39 is 0 Å². The molecule has 0 aromatic carbocycles. The summed E-state index contributed by atoms with van der Waals surface area (Å²) in [6.07, 6.45) is 1.21. The van der Waals surface area contributed by atoms with Gasteiger partial charge < -0.3 is 14.3 Å². The number of amides is 1. The van der Waals surface area contributed by atoms with E-state index in [-0.39, 0.29) is 5.91 Å². The fraction of sp³-hybridized carbons (Fsp3) is 0.562. The van der Waals surface area contributed by atoms with Gasteiger partial charge in [0, 0.05) is 43.5 Å². The van der Waals surface area contributed by atoms with Crippen LogP contribution in [0, 0.1) is 20.8 Å². The Labute approximate surface area is 140 Å². The molecular weight excluding hydrogens is 312 g/mol. The summed E-state index contributed by atoms with van der Waals surface area (Å²) in [6.45, 7) is 9.06. The molecule has 1 aliphatic rings. The Kier molecular flexibility index (Phi) is 4.66. The van der Waals surface area contributed by atoms with Crippen molar-refractivity contribution in [2.45, 2.75) is 33.6 Å². The van der Waals surface area contributed by atoms with Crippen molar-refractivity contribution < 1.29 is 9.32 Å². The molecule has 2 aromatic heterocycles. The van der Waals surface area contributed by atoms with E-state index in [1.165, 1.54) is 0 Å². The van der Waals surface area contributed by atoms with Crippen LogP contribution in [0.15, 0.2) is 9.90 Å². The maximum Gasteiger partial charge on any atom is 0.223 e. The number of thiazole rings is 1. The van der Waals surface area contributed by atoms with E-state index in [2.05, 4.69) is 20.4 Å². The molecule has 1 saturated heterocycles. The monoisotopic (exact) mass is 334 g/mol. The van der Waals surface area contributed by atoms with Gasteiger partial charge in [-0.15, -0.1) is 11.3 Å². The van der Waals surface area contributed by atoms with Crippen LogP contribution in [0.2, 0.25) is 0 Å². The van der Waals surface area contributed by atoms with Crippen LogP contribution in [-0.2, 0) is 11.2 Å². The number of hydrogen-bond donors (Lipinski definition) is 0. The smallest absolute Gasteiger partial charge is 0.223 e. The molecule has 0 spiro atoms. The summed E-state index contributed by atoms with van der Waals surface area (Å²) < 4.78 is 5.15. The third-order valence-electron chi connectivity index (χ3n) is 4.28. The van der Waals surface area contributed by atoms with Crippen LogP contribution in [0.4, 0.5) is 5.13 Å². The quantitative estimate of drug-likeness (QED) is 0.859. The summed E-state index contributed by atoms with van der Waals surface area (Å²) in [5, 5.41) is 7.07. The van der Waals surface area contributed by atoms with Crippen LogP contribution < -0.4 is 4.90 Å². The average molecular weight is 334 g/mol. The summed E-state index contributed by atoms with van der Waals surface area (Å²) in [5.74, 6) is 1.03. The number of carbonyl (C=O) groups excluding carboxylic acids is 1. The molecule has 3 rings (SSSR count). The largest absolute Gasteiger partial charge is 0.361 e. The van der Waals surface area contributed by atoms with Gasteiger partial charge in [0.2, 0.25) is 5.91 Å². The maximum atomic E-state index is 12.4. The highest BCUT2D eigenvalue weighted by molar-refractivity contribution is 7.13. The number of aromatic nitrogens is 2. The van der Waals surface area contributed by atoms with Crippen LogP contribution in [0.5, 0.6) is 0 Å². The zero-order valence-corrected chi connectivity index (χ0v) is 14.7. The Morgan fingerprint density at radius 3 is 2.57 bits per heavy atom. The summed E-state index contributed by atoms with van der Waals surface area (Å²) >= 11 is 1.67. The minimum atomic E-state index is 0.208. The molecule has 124 valence electrons. The van der Waals surface area contributed by atoms with Gasteiger partial charge >= 0.3 is 0 Å². The number of hydrogen-bond acceptors (Lipinski definition) is 6. The van der Waals surface area contributed by atoms with Crippen molar-refractivity contribution in [2.75, 3.05) is 31.1 Å². The van der Waals surface area contributed by atoms with Gasteiger partial charge in [0.25, 0.3) is 0 Å². The van der Waals surface area contributed by atoms with Gasteiger partial charge in [-0.2, -0.15) is 0 Å². The van der Waals surface area contributed by atoms with E-state index in [4.69, 9.17) is 4.52 Å². The first-order valence-electron chi connectivity index (χ1n) is 7.91. The second-order valence-electron chi connectivity index (χ2n) is 5.94. The van der Waals surface area contributed by atoms with E-state index in [9.17, 15) is 4.79 Å². The van der Waals surface area contributed by atoms with Gasteiger partial charge in [-0.05, 0) is 27.2 Å². The minimum Gasteiger partial charge on any atom is -0.361 e. The highest BCUT2D eigenvalue weighted by Gasteiger charge is 2.23. The molecule has 1 fully saturated rings. The Morgan fingerprint density at radius 1 is 1.26 bits per heavy atom. The van der Waals surface area contributed by atoms with Crippen LogP contribution >= 0.6 is 11.3 Å². The zero-order valence-electron chi connectivity index (χ0n) is 13.8. The lowest BCUT2D eigenvalue weighted by Crippen LogP contribution is -2.48. The molecule has 7 heteroatoms. The zero-order chi connectivity index (χ0) is 16.4. The first-order valence-corrected chi connectivity index (χ1v) is 8.79. The molecule has 1 aliphatic heterocycles. The highest BCUT2D eigenvalue weighted by Crippen LogP contribution is 2.22. The van der Waals surface area contributed by atoms with Gasteiger partial charge in [-0.1, -0.05) is 5.16 Å². The number of aryl methyl sites for hydroxylation is 3. The normalized spacial score (nSPS) is 15.3. The highest BCUT2D eigenvalue weighted by atomic mass is 32.1. The molecule has 0 atom stereocenters. The van der Waals surface area contributed by atoms with Crippen molar-refractivity contribution in [2.24, 2.45) is 0 Å². The van der Waals surface area contributed by atoms with Crippen molar-refractivity contribution in [1.82, 2.24) is 15.0 Å². The van der Waals surface area contributed by atoms with Crippen molar-refractivity contribution in [3.8, 4) is 0 Å². The van der Waals surface area contributed by atoms with E-state index >= 15 is 0 Å². The fourth-order valence-electron chi connectivity index (χ4n) is 2.88. The topological polar surface area (TPSA) is 62.5 Å². The van der Waals surface area contributed by atoms with Gasteiger partial charge in [-0.25, -0.2) is 4.98 Å². The molecular formula is C16H22N4O2S. The Hall–Kier alpha value is -1.89. The molecule has 1 amide bonds. The third kappa shape index (κ3) is 3.55. The molecule has 6 nitrogen and oxygen atoms in total. The third-order valence-corrected chi connectivity index (χ3v) is 5.30. The molecule has 3 heterocycles. The van der Waals surface area contributed by atoms with E-state index in [0.717, 1.165) is 54.0 Å². The minimum absolute atomic E-state index is 0.208.